The van der Waals surface area contributed by atoms with Crippen LogP contribution in [0.25, 0.3) is 32.9 Å². The highest BCUT2D eigenvalue weighted by atomic mass is 19.1. The smallest absolute Gasteiger partial charge is 0.145 e. The number of aromatic nitrogens is 4. The van der Waals surface area contributed by atoms with Crippen LogP contribution in [0.15, 0.2) is 61.2 Å². The molecule has 0 saturated heterocycles. The number of nitrogens with zero attached hydrogens (tertiary/aromatic N) is 4. The van der Waals surface area contributed by atoms with E-state index in [1.54, 1.807) is 6.20 Å². The van der Waals surface area contributed by atoms with Gasteiger partial charge in [0.2, 0.25) is 0 Å². The molecular formula is C23H17F2N5. The van der Waals surface area contributed by atoms with Crippen molar-refractivity contribution in [3.05, 3.63) is 84.1 Å². The maximum atomic E-state index is 13.5. The van der Waals surface area contributed by atoms with Gasteiger partial charge in [0.25, 0.3) is 0 Å². The molecule has 0 unspecified atom stereocenters. The number of halogens is 2. The van der Waals surface area contributed by atoms with Gasteiger partial charge in [0.05, 0.1) is 5.39 Å². The van der Waals surface area contributed by atoms with Crippen molar-refractivity contribution in [3.63, 3.8) is 0 Å². The molecule has 0 saturated carbocycles. The number of fused-ring (bicyclic) bond motifs is 2. The molecule has 0 spiro atoms. The van der Waals surface area contributed by atoms with Gasteiger partial charge in [-0.15, -0.1) is 0 Å². The van der Waals surface area contributed by atoms with Gasteiger partial charge in [-0.3, -0.25) is 4.98 Å². The summed E-state index contributed by atoms with van der Waals surface area (Å²) in [6.45, 7) is 0. The zero-order chi connectivity index (χ0) is 20.8. The first-order chi connectivity index (χ1) is 14.5. The molecule has 3 aromatic heterocycles. The molecule has 0 amide bonds. The van der Waals surface area contributed by atoms with Crippen molar-refractivity contribution < 1.29 is 8.78 Å². The topological polar surface area (TPSA) is 69.6 Å². The SMILES string of the molecule is Cn1cc(-c2ccc3cc(Cc4cc(F)cc(F)c4)ncc3c2)c2c(N)ncnc21. The van der Waals surface area contributed by atoms with Crippen molar-refractivity contribution in [1.29, 1.82) is 0 Å². The first kappa shape index (κ1) is 18.2. The second-order valence-electron chi connectivity index (χ2n) is 7.30. The molecule has 0 radical (unpaired) electrons. The van der Waals surface area contributed by atoms with E-state index in [0.717, 1.165) is 44.7 Å². The number of nitrogen functional groups attached to an aromatic ring is 1. The van der Waals surface area contributed by atoms with E-state index >= 15 is 0 Å². The first-order valence-electron chi connectivity index (χ1n) is 9.37. The molecule has 0 aliphatic carbocycles. The molecule has 0 aliphatic heterocycles. The van der Waals surface area contributed by atoms with E-state index in [0.29, 0.717) is 17.8 Å². The molecule has 5 nitrogen and oxygen atoms in total. The third kappa shape index (κ3) is 3.14. The largest absolute Gasteiger partial charge is 0.383 e. The minimum absolute atomic E-state index is 0.351. The molecule has 30 heavy (non-hydrogen) atoms. The van der Waals surface area contributed by atoms with E-state index in [2.05, 4.69) is 15.0 Å². The van der Waals surface area contributed by atoms with E-state index in [4.69, 9.17) is 5.73 Å². The molecule has 2 aromatic carbocycles. The Morgan fingerprint density at radius 1 is 0.933 bits per heavy atom. The molecule has 0 fully saturated rings. The van der Waals surface area contributed by atoms with Crippen LogP contribution >= 0.6 is 0 Å². The monoisotopic (exact) mass is 401 g/mol. The summed E-state index contributed by atoms with van der Waals surface area (Å²) in [7, 11) is 1.92. The lowest BCUT2D eigenvalue weighted by Gasteiger charge is -2.07. The average Bonchev–Trinajstić information content (AvgIpc) is 3.05. The Balaban J connectivity index is 1.54. The van der Waals surface area contributed by atoms with Crippen LogP contribution in [0.2, 0.25) is 0 Å². The molecule has 148 valence electrons. The molecule has 7 heteroatoms. The minimum atomic E-state index is -0.589. The first-order valence-corrected chi connectivity index (χ1v) is 9.37. The van der Waals surface area contributed by atoms with Crippen molar-refractivity contribution in [2.75, 3.05) is 5.73 Å². The van der Waals surface area contributed by atoms with Crippen molar-refractivity contribution in [2.24, 2.45) is 7.05 Å². The van der Waals surface area contributed by atoms with Crippen LogP contribution in [0.3, 0.4) is 0 Å². The normalized spacial score (nSPS) is 11.4. The van der Waals surface area contributed by atoms with Gasteiger partial charge >= 0.3 is 0 Å². The lowest BCUT2D eigenvalue weighted by molar-refractivity contribution is 0.580. The number of pyridine rings is 1. The van der Waals surface area contributed by atoms with Gasteiger partial charge in [0.1, 0.15) is 29.4 Å². The number of hydrogen-bond donors (Lipinski definition) is 1. The van der Waals surface area contributed by atoms with Gasteiger partial charge in [-0.2, -0.15) is 0 Å². The third-order valence-electron chi connectivity index (χ3n) is 5.18. The Labute approximate surface area is 170 Å². The summed E-state index contributed by atoms with van der Waals surface area (Å²) < 4.78 is 28.8. The van der Waals surface area contributed by atoms with Crippen LogP contribution in [0.1, 0.15) is 11.3 Å². The van der Waals surface area contributed by atoms with Gasteiger partial charge < -0.3 is 10.3 Å². The van der Waals surface area contributed by atoms with Crippen LogP contribution in [0, 0.1) is 11.6 Å². The number of aryl methyl sites for hydroxylation is 1. The Morgan fingerprint density at radius 2 is 1.73 bits per heavy atom. The third-order valence-corrected chi connectivity index (χ3v) is 5.18. The molecule has 0 aliphatic rings. The lowest BCUT2D eigenvalue weighted by atomic mass is 10.0. The number of hydrogen-bond acceptors (Lipinski definition) is 4. The number of benzene rings is 2. The van der Waals surface area contributed by atoms with Crippen molar-refractivity contribution in [2.45, 2.75) is 6.42 Å². The second-order valence-corrected chi connectivity index (χ2v) is 7.30. The van der Waals surface area contributed by atoms with Crippen molar-refractivity contribution >= 4 is 27.6 Å². The fourth-order valence-electron chi connectivity index (χ4n) is 3.83. The van der Waals surface area contributed by atoms with Crippen LogP contribution in [0.4, 0.5) is 14.6 Å². The summed E-state index contributed by atoms with van der Waals surface area (Å²) in [6, 6.07) is 11.5. The van der Waals surface area contributed by atoms with E-state index in [-0.39, 0.29) is 0 Å². The summed E-state index contributed by atoms with van der Waals surface area (Å²) in [5.74, 6) is -0.742. The molecule has 2 N–H and O–H groups in total. The van der Waals surface area contributed by atoms with Gasteiger partial charge in [-0.25, -0.2) is 18.7 Å². The molecule has 5 aromatic rings. The van der Waals surface area contributed by atoms with Crippen LogP contribution in [-0.4, -0.2) is 19.5 Å². The Bertz CT molecular complexity index is 1400. The van der Waals surface area contributed by atoms with E-state index in [1.165, 1.54) is 18.5 Å². The van der Waals surface area contributed by atoms with Crippen LogP contribution < -0.4 is 5.73 Å². The van der Waals surface area contributed by atoms with Gasteiger partial charge in [0.15, 0.2) is 0 Å². The fourth-order valence-corrected chi connectivity index (χ4v) is 3.83. The highest BCUT2D eigenvalue weighted by Crippen LogP contribution is 2.33. The highest BCUT2D eigenvalue weighted by Gasteiger charge is 2.14. The molecule has 0 bridgehead atoms. The fraction of sp³-hybridized carbons (Fsp3) is 0.0870. The zero-order valence-corrected chi connectivity index (χ0v) is 16.1. The predicted molar refractivity (Wildman–Crippen MR) is 113 cm³/mol. The second kappa shape index (κ2) is 6.88. The Kier molecular flexibility index (Phi) is 4.17. The van der Waals surface area contributed by atoms with Gasteiger partial charge in [-0.05, 0) is 40.8 Å². The molecule has 3 heterocycles. The summed E-state index contributed by atoms with van der Waals surface area (Å²) in [5, 5.41) is 2.76. The quantitative estimate of drug-likeness (QED) is 0.478. The van der Waals surface area contributed by atoms with E-state index in [1.807, 2.05) is 42.1 Å². The molecule has 0 atom stereocenters. The average molecular weight is 401 g/mol. The summed E-state index contributed by atoms with van der Waals surface area (Å²) >= 11 is 0. The highest BCUT2D eigenvalue weighted by molar-refractivity contribution is 6.02. The number of rotatable bonds is 3. The van der Waals surface area contributed by atoms with E-state index in [9.17, 15) is 8.78 Å². The van der Waals surface area contributed by atoms with Gasteiger partial charge in [-0.1, -0.05) is 12.1 Å². The van der Waals surface area contributed by atoms with Crippen molar-refractivity contribution in [3.8, 4) is 11.1 Å². The van der Waals surface area contributed by atoms with Crippen molar-refractivity contribution in [1.82, 2.24) is 19.5 Å². The van der Waals surface area contributed by atoms with Gasteiger partial charge in [0, 0.05) is 48.6 Å². The molecular weight excluding hydrogens is 384 g/mol. The summed E-state index contributed by atoms with van der Waals surface area (Å²) in [5.41, 5.74) is 10.1. The van der Waals surface area contributed by atoms with Crippen LogP contribution in [0.5, 0.6) is 0 Å². The maximum Gasteiger partial charge on any atom is 0.145 e. The lowest BCUT2D eigenvalue weighted by Crippen LogP contribution is -1.95. The summed E-state index contributed by atoms with van der Waals surface area (Å²) in [6.07, 6.45) is 5.56. The zero-order valence-electron chi connectivity index (χ0n) is 16.1. The number of anilines is 1. The van der Waals surface area contributed by atoms with E-state index < -0.39 is 11.6 Å². The summed E-state index contributed by atoms with van der Waals surface area (Å²) in [4.78, 5) is 12.9. The Hall–Kier alpha value is -3.87. The standard InChI is InChI=1S/C23H17F2N5/c1-30-11-20(21-22(26)28-12-29-23(21)30)15-3-2-14-8-19(27-10-16(14)7-15)6-13-4-17(24)9-18(25)5-13/h2-5,7-12H,6H2,1H3,(H2,26,28,29). The minimum Gasteiger partial charge on any atom is -0.383 e. The Morgan fingerprint density at radius 3 is 2.53 bits per heavy atom. The number of nitrogens with two attached hydrogens (primary N) is 1. The maximum absolute atomic E-state index is 13.5. The van der Waals surface area contributed by atoms with Crippen LogP contribution in [-0.2, 0) is 13.5 Å². The molecule has 5 rings (SSSR count). The predicted octanol–water partition coefficient (Wildman–Crippen LogP) is 4.63.